The molecule has 4 rings (SSSR count). The molecule has 1 aliphatic heterocycles. The lowest BCUT2D eigenvalue weighted by Crippen LogP contribution is -2.60. The summed E-state index contributed by atoms with van der Waals surface area (Å²) >= 11 is 0. The zero-order valence-electron chi connectivity index (χ0n) is 17.6. The summed E-state index contributed by atoms with van der Waals surface area (Å²) in [4.78, 5) is 12.7. The monoisotopic (exact) mass is 512 g/mol. The Morgan fingerprint density at radius 3 is 2.31 bits per heavy atom. The molecule has 0 spiro atoms. The first kappa shape index (κ1) is 24.9. The topological polar surface area (TPSA) is 213 Å². The fourth-order valence-corrected chi connectivity index (χ4v) is 3.94. The van der Waals surface area contributed by atoms with Gasteiger partial charge in [0.2, 0.25) is 12.0 Å². The lowest BCUT2D eigenvalue weighted by molar-refractivity contribution is -0.277. The molecule has 5 unspecified atom stereocenters. The highest BCUT2D eigenvalue weighted by molar-refractivity contribution is 7.81. The normalized spacial score (nSPS) is 24.9. The Balaban J connectivity index is 1.87. The van der Waals surface area contributed by atoms with Crippen LogP contribution in [-0.4, -0.2) is 75.8 Å². The minimum atomic E-state index is -5.25. The Kier molecular flexibility index (Phi) is 6.70. The molecule has 2 aromatic carbocycles. The first-order valence-corrected chi connectivity index (χ1v) is 11.4. The van der Waals surface area contributed by atoms with Gasteiger partial charge in [-0.3, -0.25) is 9.35 Å². The van der Waals surface area contributed by atoms with Gasteiger partial charge in [0, 0.05) is 17.7 Å². The quantitative estimate of drug-likeness (QED) is 0.231. The third-order valence-corrected chi connectivity index (χ3v) is 5.63. The van der Waals surface area contributed by atoms with Crippen LogP contribution in [0.2, 0.25) is 0 Å². The zero-order chi connectivity index (χ0) is 25.5. The van der Waals surface area contributed by atoms with Crippen LogP contribution < -0.4 is 14.3 Å². The zero-order valence-corrected chi connectivity index (χ0v) is 18.4. The molecular weight excluding hydrogens is 492 g/mol. The van der Waals surface area contributed by atoms with Crippen LogP contribution in [0.3, 0.4) is 0 Å². The van der Waals surface area contributed by atoms with Gasteiger partial charge >= 0.3 is 10.4 Å². The van der Waals surface area contributed by atoms with Crippen LogP contribution in [0.1, 0.15) is 0 Å². The molecule has 14 heteroatoms. The van der Waals surface area contributed by atoms with Crippen molar-refractivity contribution in [3.63, 3.8) is 0 Å². The van der Waals surface area contributed by atoms with Crippen LogP contribution in [0.5, 0.6) is 17.2 Å². The van der Waals surface area contributed by atoms with Crippen molar-refractivity contribution in [3.8, 4) is 28.6 Å². The summed E-state index contributed by atoms with van der Waals surface area (Å²) in [5, 5.41) is 49.6. The van der Waals surface area contributed by atoms with Crippen LogP contribution in [0.4, 0.5) is 0 Å². The van der Waals surface area contributed by atoms with E-state index >= 15 is 0 Å². The third-order valence-electron chi connectivity index (χ3n) is 5.25. The first-order valence-electron chi connectivity index (χ1n) is 10.0. The molecule has 0 bridgehead atoms. The maximum Gasteiger partial charge on any atom is 0.446 e. The molecule has 2 heterocycles. The van der Waals surface area contributed by atoms with E-state index in [1.54, 1.807) is 30.3 Å². The summed E-state index contributed by atoms with van der Waals surface area (Å²) in [5.74, 6) is -2.72. The Bertz CT molecular complexity index is 1380. The number of aliphatic hydroxyl groups excluding tert-OH is 4. The predicted molar refractivity (Wildman–Crippen MR) is 116 cm³/mol. The van der Waals surface area contributed by atoms with Gasteiger partial charge in [0.25, 0.3) is 0 Å². The largest absolute Gasteiger partial charge is 0.504 e. The Morgan fingerprint density at radius 2 is 1.69 bits per heavy atom. The molecule has 0 saturated carbocycles. The van der Waals surface area contributed by atoms with Crippen LogP contribution in [0.15, 0.2) is 51.7 Å². The third kappa shape index (κ3) is 4.94. The fraction of sp³-hybridized carbons (Fsp3) is 0.286. The van der Waals surface area contributed by atoms with Gasteiger partial charge in [0.05, 0.1) is 6.61 Å². The van der Waals surface area contributed by atoms with Gasteiger partial charge in [-0.25, -0.2) is 0 Å². The Morgan fingerprint density at radius 1 is 1.00 bits per heavy atom. The van der Waals surface area contributed by atoms with Crippen molar-refractivity contribution in [3.05, 3.63) is 52.7 Å². The van der Waals surface area contributed by atoms with E-state index in [-0.39, 0.29) is 11.3 Å². The predicted octanol–water partition coefficient (Wildman–Crippen LogP) is -0.474. The van der Waals surface area contributed by atoms with Crippen molar-refractivity contribution >= 4 is 21.4 Å². The van der Waals surface area contributed by atoms with Gasteiger partial charge in [-0.15, -0.1) is 0 Å². The van der Waals surface area contributed by atoms with E-state index in [0.717, 1.165) is 12.1 Å². The van der Waals surface area contributed by atoms with Crippen molar-refractivity contribution in [2.75, 3.05) is 6.61 Å². The van der Waals surface area contributed by atoms with Crippen molar-refractivity contribution in [2.45, 2.75) is 30.7 Å². The molecule has 0 aliphatic carbocycles. The number of ether oxygens (including phenoxy) is 2. The molecular formula is C21H20O13S. The Hall–Kier alpha value is -3.24. The van der Waals surface area contributed by atoms with E-state index in [1.807, 2.05) is 0 Å². The van der Waals surface area contributed by atoms with Crippen LogP contribution in [0, 0.1) is 0 Å². The summed E-state index contributed by atoms with van der Waals surface area (Å²) < 4.78 is 52.6. The van der Waals surface area contributed by atoms with E-state index in [9.17, 15) is 38.7 Å². The molecule has 1 aliphatic rings. The maximum absolute atomic E-state index is 12.7. The summed E-state index contributed by atoms with van der Waals surface area (Å²) in [6, 6.07) is 10.4. The molecule has 5 atom stereocenters. The second-order valence-electron chi connectivity index (χ2n) is 7.59. The standard InChI is InChI=1S/C21H20O13S/c22-8-14-16(24)18(26)19(27)21(33-14)32-13-7-12-15(17(25)20(13)34-35(28,29)30)10(23)6-11(31-12)9-4-2-1-3-5-9/h1-7,14,16,18-19,21-22,24-27H,8H2,(H,28,29,30). The van der Waals surface area contributed by atoms with E-state index in [0.29, 0.717) is 5.56 Å². The van der Waals surface area contributed by atoms with Crippen molar-refractivity contribution in [1.82, 2.24) is 0 Å². The molecule has 0 radical (unpaired) electrons. The van der Waals surface area contributed by atoms with Gasteiger partial charge in [-0.05, 0) is 0 Å². The SMILES string of the molecule is O=c1cc(-c2ccccc2)oc2cc(OC3OC(CO)C(O)C(O)C3O)c(OS(=O)(=O)O)c(O)c12. The summed E-state index contributed by atoms with van der Waals surface area (Å²) in [5.41, 5.74) is -0.584. The van der Waals surface area contributed by atoms with Gasteiger partial charge < -0.3 is 43.6 Å². The highest BCUT2D eigenvalue weighted by Crippen LogP contribution is 2.44. The van der Waals surface area contributed by atoms with Crippen LogP contribution in [0.25, 0.3) is 22.3 Å². The number of phenols is 1. The maximum atomic E-state index is 12.7. The smallest absolute Gasteiger partial charge is 0.446 e. The summed E-state index contributed by atoms with van der Waals surface area (Å²) in [6.45, 7) is -0.780. The minimum Gasteiger partial charge on any atom is -0.504 e. The molecule has 1 aromatic heterocycles. The molecule has 3 aromatic rings. The molecule has 6 N–H and O–H groups in total. The number of hydrogen-bond acceptors (Lipinski definition) is 12. The minimum absolute atomic E-state index is 0.0877. The molecule has 0 amide bonds. The number of benzene rings is 2. The summed E-state index contributed by atoms with van der Waals surface area (Å²) in [7, 11) is -5.25. The van der Waals surface area contributed by atoms with Gasteiger partial charge in [0.1, 0.15) is 41.1 Å². The molecule has 13 nitrogen and oxygen atoms in total. The number of rotatable bonds is 6. The van der Waals surface area contributed by atoms with E-state index in [1.165, 1.54) is 0 Å². The van der Waals surface area contributed by atoms with Gasteiger partial charge in [-0.2, -0.15) is 8.42 Å². The average molecular weight is 512 g/mol. The van der Waals surface area contributed by atoms with E-state index in [4.69, 9.17) is 18.4 Å². The number of aliphatic hydroxyl groups is 4. The van der Waals surface area contributed by atoms with Gasteiger partial charge in [0.15, 0.2) is 16.9 Å². The van der Waals surface area contributed by atoms with E-state index in [2.05, 4.69) is 4.18 Å². The molecule has 35 heavy (non-hydrogen) atoms. The second kappa shape index (κ2) is 9.43. The summed E-state index contributed by atoms with van der Waals surface area (Å²) in [6.07, 6.45) is -8.66. The van der Waals surface area contributed by atoms with Crippen LogP contribution in [-0.2, 0) is 15.1 Å². The molecule has 188 valence electrons. The number of fused-ring (bicyclic) bond motifs is 1. The molecule has 1 fully saturated rings. The van der Waals surface area contributed by atoms with Crippen molar-refractivity contribution < 1.29 is 56.6 Å². The number of hydrogen-bond donors (Lipinski definition) is 6. The van der Waals surface area contributed by atoms with Gasteiger partial charge in [-0.1, -0.05) is 30.3 Å². The number of phenolic OH excluding ortho intramolecular Hbond substituents is 1. The highest BCUT2D eigenvalue weighted by atomic mass is 32.3. The highest BCUT2D eigenvalue weighted by Gasteiger charge is 2.45. The van der Waals surface area contributed by atoms with E-state index < -0.39 is 75.8 Å². The van der Waals surface area contributed by atoms with Crippen molar-refractivity contribution in [1.29, 1.82) is 0 Å². The lowest BCUT2D eigenvalue weighted by atomic mass is 9.99. The number of aromatic hydroxyl groups is 1. The fourth-order valence-electron chi connectivity index (χ4n) is 3.57. The van der Waals surface area contributed by atoms with Crippen molar-refractivity contribution in [2.24, 2.45) is 0 Å². The first-order chi connectivity index (χ1) is 16.5. The lowest BCUT2D eigenvalue weighted by Gasteiger charge is -2.39. The van der Waals surface area contributed by atoms with Crippen LogP contribution >= 0.6 is 0 Å². The average Bonchev–Trinajstić information content (AvgIpc) is 2.81. The molecule has 1 saturated heterocycles. The Labute approximate surface area is 196 Å². The second-order valence-corrected chi connectivity index (χ2v) is 8.61.